The molecule has 2 aromatic rings. The van der Waals surface area contributed by atoms with Gasteiger partial charge in [-0.3, -0.25) is 0 Å². The van der Waals surface area contributed by atoms with Crippen LogP contribution in [-0.4, -0.2) is 12.6 Å². The van der Waals surface area contributed by atoms with Gasteiger partial charge in [0.1, 0.15) is 0 Å². The smallest absolute Gasteiger partial charge is 0.315 e. The van der Waals surface area contributed by atoms with E-state index in [-0.39, 0.29) is 6.03 Å². The normalized spacial score (nSPS) is 11.7. The van der Waals surface area contributed by atoms with Crippen molar-refractivity contribution in [1.29, 1.82) is 0 Å². The molecular weight excluding hydrogens is 260 g/mol. The average molecular weight is 282 g/mol. The quantitative estimate of drug-likeness (QED) is 0.833. The third-order valence-corrected chi connectivity index (χ3v) is 3.57. The molecule has 2 rings (SSSR count). The molecule has 0 spiro atoms. The second-order valence-electron chi connectivity index (χ2n) is 5.07. The van der Waals surface area contributed by atoms with Crippen LogP contribution in [0, 0.1) is 0 Å². The SMILES string of the molecule is CCC(CNC(=O)NCc1ccccc1)c1ccccc1. The Kier molecular flexibility index (Phi) is 5.83. The minimum absolute atomic E-state index is 0.117. The molecule has 0 aliphatic heterocycles. The highest BCUT2D eigenvalue weighted by molar-refractivity contribution is 5.73. The predicted molar refractivity (Wildman–Crippen MR) is 86.2 cm³/mol. The molecule has 2 amide bonds. The molecule has 3 nitrogen and oxygen atoms in total. The molecular formula is C18H22N2O. The minimum atomic E-state index is -0.117. The lowest BCUT2D eigenvalue weighted by molar-refractivity contribution is 0.239. The number of urea groups is 1. The molecule has 0 fully saturated rings. The summed E-state index contributed by atoms with van der Waals surface area (Å²) in [7, 11) is 0. The van der Waals surface area contributed by atoms with Crippen molar-refractivity contribution in [2.75, 3.05) is 6.54 Å². The van der Waals surface area contributed by atoms with Gasteiger partial charge in [0.15, 0.2) is 0 Å². The Labute approximate surface area is 126 Å². The summed E-state index contributed by atoms with van der Waals surface area (Å²) in [5.41, 5.74) is 2.37. The first-order chi connectivity index (χ1) is 10.3. The molecule has 3 heteroatoms. The van der Waals surface area contributed by atoms with Crippen LogP contribution in [0.25, 0.3) is 0 Å². The van der Waals surface area contributed by atoms with Gasteiger partial charge in [0.05, 0.1) is 0 Å². The van der Waals surface area contributed by atoms with Crippen molar-refractivity contribution in [2.45, 2.75) is 25.8 Å². The highest BCUT2D eigenvalue weighted by atomic mass is 16.2. The van der Waals surface area contributed by atoms with Crippen LogP contribution in [0.3, 0.4) is 0 Å². The second kappa shape index (κ2) is 8.10. The number of carbonyl (C=O) groups excluding carboxylic acids is 1. The first-order valence-corrected chi connectivity index (χ1v) is 7.40. The van der Waals surface area contributed by atoms with E-state index in [0.717, 1.165) is 12.0 Å². The molecule has 0 bridgehead atoms. The molecule has 0 heterocycles. The summed E-state index contributed by atoms with van der Waals surface area (Å²) >= 11 is 0. The number of carbonyl (C=O) groups is 1. The van der Waals surface area contributed by atoms with Gasteiger partial charge in [0, 0.05) is 19.0 Å². The number of amides is 2. The van der Waals surface area contributed by atoms with Gasteiger partial charge in [-0.25, -0.2) is 4.79 Å². The van der Waals surface area contributed by atoms with Crippen LogP contribution in [0.2, 0.25) is 0 Å². The van der Waals surface area contributed by atoms with E-state index in [9.17, 15) is 4.79 Å². The lowest BCUT2D eigenvalue weighted by atomic mass is 9.97. The van der Waals surface area contributed by atoms with Crippen molar-refractivity contribution >= 4 is 6.03 Å². The molecule has 2 aromatic carbocycles. The molecule has 1 atom stereocenters. The fourth-order valence-electron chi connectivity index (χ4n) is 2.28. The van der Waals surface area contributed by atoms with E-state index in [1.807, 2.05) is 48.5 Å². The van der Waals surface area contributed by atoms with Gasteiger partial charge in [-0.15, -0.1) is 0 Å². The third kappa shape index (κ3) is 4.95. The fourth-order valence-corrected chi connectivity index (χ4v) is 2.28. The maximum absolute atomic E-state index is 11.8. The highest BCUT2D eigenvalue weighted by Gasteiger charge is 2.10. The summed E-state index contributed by atoms with van der Waals surface area (Å²) in [5, 5.41) is 5.83. The first kappa shape index (κ1) is 15.1. The summed E-state index contributed by atoms with van der Waals surface area (Å²) in [4.78, 5) is 11.8. The Morgan fingerprint density at radius 1 is 0.952 bits per heavy atom. The topological polar surface area (TPSA) is 41.1 Å². The van der Waals surface area contributed by atoms with E-state index in [2.05, 4.69) is 29.7 Å². The zero-order valence-corrected chi connectivity index (χ0v) is 12.4. The maximum Gasteiger partial charge on any atom is 0.315 e. The van der Waals surface area contributed by atoms with Crippen LogP contribution >= 0.6 is 0 Å². The van der Waals surface area contributed by atoms with E-state index in [1.165, 1.54) is 5.56 Å². The van der Waals surface area contributed by atoms with Crippen molar-refractivity contribution in [2.24, 2.45) is 0 Å². The van der Waals surface area contributed by atoms with Gasteiger partial charge in [0.25, 0.3) is 0 Å². The molecule has 110 valence electrons. The Hall–Kier alpha value is -2.29. The molecule has 0 saturated carbocycles. The van der Waals surface area contributed by atoms with Crippen molar-refractivity contribution in [3.8, 4) is 0 Å². The molecule has 0 aromatic heterocycles. The van der Waals surface area contributed by atoms with E-state index >= 15 is 0 Å². The predicted octanol–water partition coefficient (Wildman–Crippen LogP) is 3.68. The molecule has 0 saturated heterocycles. The minimum Gasteiger partial charge on any atom is -0.338 e. The van der Waals surface area contributed by atoms with Crippen molar-refractivity contribution < 1.29 is 4.79 Å². The van der Waals surface area contributed by atoms with Crippen LogP contribution in [0.4, 0.5) is 4.79 Å². The van der Waals surface area contributed by atoms with Crippen molar-refractivity contribution in [1.82, 2.24) is 10.6 Å². The van der Waals surface area contributed by atoms with E-state index in [1.54, 1.807) is 0 Å². The Morgan fingerprint density at radius 3 is 2.19 bits per heavy atom. The molecule has 21 heavy (non-hydrogen) atoms. The lowest BCUT2D eigenvalue weighted by Crippen LogP contribution is -2.37. The lowest BCUT2D eigenvalue weighted by Gasteiger charge is -2.16. The van der Waals surface area contributed by atoms with Gasteiger partial charge in [0.2, 0.25) is 0 Å². The van der Waals surface area contributed by atoms with Crippen molar-refractivity contribution in [3.05, 3.63) is 71.8 Å². The van der Waals surface area contributed by atoms with E-state index in [4.69, 9.17) is 0 Å². The Morgan fingerprint density at radius 2 is 1.57 bits per heavy atom. The van der Waals surface area contributed by atoms with Crippen LogP contribution in [-0.2, 0) is 6.54 Å². The third-order valence-electron chi connectivity index (χ3n) is 3.57. The van der Waals surface area contributed by atoms with Gasteiger partial charge in [-0.2, -0.15) is 0 Å². The Balaban J connectivity index is 1.77. The van der Waals surface area contributed by atoms with Crippen LogP contribution in [0.15, 0.2) is 60.7 Å². The van der Waals surface area contributed by atoms with Crippen molar-refractivity contribution in [3.63, 3.8) is 0 Å². The summed E-state index contributed by atoms with van der Waals surface area (Å²) in [6.45, 7) is 3.34. The monoisotopic (exact) mass is 282 g/mol. The Bertz CT molecular complexity index is 540. The van der Waals surface area contributed by atoms with Crippen LogP contribution < -0.4 is 10.6 Å². The van der Waals surface area contributed by atoms with Gasteiger partial charge < -0.3 is 10.6 Å². The summed E-state index contributed by atoms with van der Waals surface area (Å²) in [6.07, 6.45) is 1.00. The van der Waals surface area contributed by atoms with E-state index < -0.39 is 0 Å². The van der Waals surface area contributed by atoms with Crippen LogP contribution in [0.1, 0.15) is 30.4 Å². The molecule has 0 aliphatic rings. The second-order valence-corrected chi connectivity index (χ2v) is 5.07. The largest absolute Gasteiger partial charge is 0.338 e. The summed E-state index contributed by atoms with van der Waals surface area (Å²) < 4.78 is 0. The molecule has 0 aliphatic carbocycles. The number of benzene rings is 2. The van der Waals surface area contributed by atoms with Gasteiger partial charge in [-0.1, -0.05) is 67.6 Å². The molecule has 0 radical (unpaired) electrons. The van der Waals surface area contributed by atoms with E-state index in [0.29, 0.717) is 19.0 Å². The number of hydrogen-bond donors (Lipinski definition) is 2. The van der Waals surface area contributed by atoms with Gasteiger partial charge >= 0.3 is 6.03 Å². The standard InChI is InChI=1S/C18H22N2O/c1-2-16(17-11-7-4-8-12-17)14-20-18(21)19-13-15-9-5-3-6-10-15/h3-12,16H,2,13-14H2,1H3,(H2,19,20,21). The zero-order valence-electron chi connectivity index (χ0n) is 12.4. The van der Waals surface area contributed by atoms with Crippen LogP contribution in [0.5, 0.6) is 0 Å². The number of hydrogen-bond acceptors (Lipinski definition) is 1. The molecule has 1 unspecified atom stereocenters. The first-order valence-electron chi connectivity index (χ1n) is 7.40. The maximum atomic E-state index is 11.8. The zero-order chi connectivity index (χ0) is 14.9. The average Bonchev–Trinajstić information content (AvgIpc) is 2.55. The summed E-state index contributed by atoms with van der Waals surface area (Å²) in [5.74, 6) is 0.355. The number of rotatable bonds is 6. The fraction of sp³-hybridized carbons (Fsp3) is 0.278. The summed E-state index contributed by atoms with van der Waals surface area (Å²) in [6, 6.07) is 20.1. The van der Waals surface area contributed by atoms with Gasteiger partial charge in [-0.05, 0) is 17.5 Å². The number of nitrogens with one attached hydrogen (secondary N) is 2. The highest BCUT2D eigenvalue weighted by Crippen LogP contribution is 2.17. The molecule has 2 N–H and O–H groups in total.